The number of nitrogens with one attached hydrogen (secondary N) is 1. The Labute approximate surface area is 221 Å². The van der Waals surface area contributed by atoms with Crippen molar-refractivity contribution in [2.75, 3.05) is 48.3 Å². The highest BCUT2D eigenvalue weighted by Gasteiger charge is 2.54. The molecule has 0 radical (unpaired) electrons. The first kappa shape index (κ1) is 26.7. The molecule has 0 aromatic heterocycles. The number of carbonyl (C=O) groups excluding carboxylic acids is 2. The molecule has 0 spiro atoms. The first-order valence-electron chi connectivity index (χ1n) is 13.4. The molecule has 2 heterocycles. The van der Waals surface area contributed by atoms with E-state index in [9.17, 15) is 14.9 Å². The lowest BCUT2D eigenvalue weighted by molar-refractivity contribution is -0.123. The van der Waals surface area contributed by atoms with Gasteiger partial charge < -0.3 is 15.1 Å². The molecule has 2 aliphatic heterocycles. The summed E-state index contributed by atoms with van der Waals surface area (Å²) < 4.78 is 0. The van der Waals surface area contributed by atoms with Crippen molar-refractivity contribution in [2.45, 2.75) is 47.1 Å². The number of amides is 2. The van der Waals surface area contributed by atoms with Gasteiger partial charge in [0.1, 0.15) is 6.07 Å². The SMILES string of the molecule is CC.CN1C(=O)C2CC2C(N2CCN(c3ccc(NC(=O)C(C)(C)C)cc3C#N)CC2)c2ccccc21. The fourth-order valence-corrected chi connectivity index (χ4v) is 5.49. The second kappa shape index (κ2) is 10.5. The van der Waals surface area contributed by atoms with Gasteiger partial charge in [-0.2, -0.15) is 5.26 Å². The summed E-state index contributed by atoms with van der Waals surface area (Å²) in [6.07, 6.45) is 0.961. The smallest absolute Gasteiger partial charge is 0.230 e. The minimum absolute atomic E-state index is 0.0751. The van der Waals surface area contributed by atoms with Crippen molar-refractivity contribution in [3.05, 3.63) is 53.6 Å². The molecule has 3 unspecified atom stereocenters. The zero-order valence-corrected chi connectivity index (χ0v) is 22.9. The van der Waals surface area contributed by atoms with Crippen LogP contribution in [0.5, 0.6) is 0 Å². The van der Waals surface area contributed by atoms with Crippen molar-refractivity contribution < 1.29 is 9.59 Å². The van der Waals surface area contributed by atoms with Gasteiger partial charge in [-0.05, 0) is 42.2 Å². The molecule has 37 heavy (non-hydrogen) atoms. The average Bonchev–Trinajstić information content (AvgIpc) is 3.70. The van der Waals surface area contributed by atoms with Gasteiger partial charge in [0.05, 0.1) is 11.3 Å². The Morgan fingerprint density at radius 1 is 1.03 bits per heavy atom. The molecule has 3 atom stereocenters. The van der Waals surface area contributed by atoms with Gasteiger partial charge in [0.2, 0.25) is 11.8 Å². The number of nitriles is 1. The van der Waals surface area contributed by atoms with Gasteiger partial charge in [-0.3, -0.25) is 14.5 Å². The maximum absolute atomic E-state index is 12.9. The van der Waals surface area contributed by atoms with Crippen LogP contribution in [0.2, 0.25) is 0 Å². The van der Waals surface area contributed by atoms with Gasteiger partial charge in [0.25, 0.3) is 0 Å². The second-order valence-corrected chi connectivity index (χ2v) is 11.0. The number of carbonyl (C=O) groups is 2. The summed E-state index contributed by atoms with van der Waals surface area (Å²) in [6, 6.07) is 16.5. The van der Waals surface area contributed by atoms with Crippen LogP contribution >= 0.6 is 0 Å². The zero-order chi connectivity index (χ0) is 26.9. The fraction of sp³-hybridized carbons (Fsp3) is 0.500. The number of piperazine rings is 1. The summed E-state index contributed by atoms with van der Waals surface area (Å²) >= 11 is 0. The molecule has 1 saturated heterocycles. The van der Waals surface area contributed by atoms with E-state index in [1.807, 2.05) is 64.8 Å². The summed E-state index contributed by atoms with van der Waals surface area (Å²) in [5.41, 5.74) is 3.89. The number of fused-ring (bicyclic) bond motifs is 2. The normalized spacial score (nSPS) is 23.1. The Kier molecular flexibility index (Phi) is 7.61. The number of hydrogen-bond donors (Lipinski definition) is 1. The summed E-state index contributed by atoms with van der Waals surface area (Å²) in [4.78, 5) is 31.9. The summed E-state index contributed by atoms with van der Waals surface area (Å²) in [5.74, 6) is 0.659. The van der Waals surface area contributed by atoms with E-state index in [2.05, 4.69) is 39.4 Å². The molecule has 7 heteroatoms. The van der Waals surface area contributed by atoms with E-state index in [1.165, 1.54) is 5.56 Å². The molecule has 2 aromatic rings. The molecule has 7 nitrogen and oxygen atoms in total. The molecule has 1 N–H and O–H groups in total. The molecule has 1 saturated carbocycles. The third-order valence-electron chi connectivity index (χ3n) is 7.61. The molecular weight excluding hydrogens is 462 g/mol. The van der Waals surface area contributed by atoms with Crippen LogP contribution in [0.4, 0.5) is 17.1 Å². The van der Waals surface area contributed by atoms with E-state index in [1.54, 1.807) is 6.07 Å². The average molecular weight is 502 g/mol. The van der Waals surface area contributed by atoms with E-state index < -0.39 is 5.41 Å². The number of benzene rings is 2. The van der Waals surface area contributed by atoms with Crippen LogP contribution in [-0.4, -0.2) is 49.9 Å². The van der Waals surface area contributed by atoms with E-state index >= 15 is 0 Å². The van der Waals surface area contributed by atoms with Gasteiger partial charge in [-0.15, -0.1) is 0 Å². The van der Waals surface area contributed by atoms with Crippen LogP contribution in [0.25, 0.3) is 0 Å². The Hall–Kier alpha value is -3.37. The number of nitrogens with zero attached hydrogens (tertiary/aromatic N) is 4. The fourth-order valence-electron chi connectivity index (χ4n) is 5.49. The number of hydrogen-bond acceptors (Lipinski definition) is 5. The Morgan fingerprint density at radius 3 is 2.35 bits per heavy atom. The molecule has 0 bridgehead atoms. The maximum Gasteiger partial charge on any atom is 0.230 e. The maximum atomic E-state index is 12.9. The van der Waals surface area contributed by atoms with Crippen molar-refractivity contribution in [1.82, 2.24) is 4.90 Å². The summed E-state index contributed by atoms with van der Waals surface area (Å²) in [7, 11) is 1.90. The predicted octanol–water partition coefficient (Wildman–Crippen LogP) is 5.04. The van der Waals surface area contributed by atoms with Crippen LogP contribution < -0.4 is 15.1 Å². The molecule has 2 amide bonds. The lowest BCUT2D eigenvalue weighted by Gasteiger charge is -2.41. The van der Waals surface area contributed by atoms with E-state index in [0.29, 0.717) is 17.2 Å². The lowest BCUT2D eigenvalue weighted by Crippen LogP contribution is -2.48. The lowest BCUT2D eigenvalue weighted by atomic mass is 9.95. The topological polar surface area (TPSA) is 79.7 Å². The number of rotatable bonds is 3. The van der Waals surface area contributed by atoms with Crippen molar-refractivity contribution in [3.8, 4) is 6.07 Å². The minimum Gasteiger partial charge on any atom is -0.368 e. The molecular formula is C30H39N5O2. The van der Waals surface area contributed by atoms with Crippen LogP contribution in [-0.2, 0) is 9.59 Å². The Morgan fingerprint density at radius 2 is 1.70 bits per heavy atom. The minimum atomic E-state index is -0.502. The third-order valence-corrected chi connectivity index (χ3v) is 7.61. The highest BCUT2D eigenvalue weighted by atomic mass is 16.2. The predicted molar refractivity (Wildman–Crippen MR) is 149 cm³/mol. The quantitative estimate of drug-likeness (QED) is 0.637. The largest absolute Gasteiger partial charge is 0.368 e. The van der Waals surface area contributed by atoms with Crippen molar-refractivity contribution >= 4 is 28.9 Å². The Bertz CT molecular complexity index is 1200. The van der Waals surface area contributed by atoms with Crippen LogP contribution in [0.15, 0.2) is 42.5 Å². The Balaban J connectivity index is 0.00000156. The van der Waals surface area contributed by atoms with E-state index in [-0.39, 0.29) is 23.8 Å². The molecule has 196 valence electrons. The summed E-state index contributed by atoms with van der Waals surface area (Å²) in [6.45, 7) is 13.0. The van der Waals surface area contributed by atoms with Crippen molar-refractivity contribution in [1.29, 1.82) is 5.26 Å². The van der Waals surface area contributed by atoms with Crippen LogP contribution in [0.3, 0.4) is 0 Å². The highest BCUT2D eigenvalue weighted by Crippen LogP contribution is 2.55. The molecule has 5 rings (SSSR count). The van der Waals surface area contributed by atoms with E-state index in [4.69, 9.17) is 0 Å². The van der Waals surface area contributed by atoms with Crippen LogP contribution in [0, 0.1) is 28.6 Å². The monoisotopic (exact) mass is 501 g/mol. The molecule has 2 fully saturated rings. The van der Waals surface area contributed by atoms with Crippen LogP contribution in [0.1, 0.15) is 58.2 Å². The first-order valence-corrected chi connectivity index (χ1v) is 13.4. The second-order valence-electron chi connectivity index (χ2n) is 11.0. The van der Waals surface area contributed by atoms with Gasteiger partial charge in [-0.25, -0.2) is 0 Å². The van der Waals surface area contributed by atoms with Gasteiger partial charge in [0.15, 0.2) is 0 Å². The highest BCUT2D eigenvalue weighted by molar-refractivity contribution is 5.98. The molecule has 1 aliphatic carbocycles. The molecule has 3 aliphatic rings. The van der Waals surface area contributed by atoms with Gasteiger partial charge in [0, 0.05) is 62.0 Å². The zero-order valence-electron chi connectivity index (χ0n) is 22.9. The van der Waals surface area contributed by atoms with Gasteiger partial charge >= 0.3 is 0 Å². The third kappa shape index (κ3) is 5.21. The standard InChI is InChI=1S/C28H33N5O2.C2H6/c1-28(2,3)27(35)30-19-9-10-23(18(15-19)17-29)32-11-13-33(14-12-32)25-20-7-5-6-8-24(20)31(4)26(34)22-16-21(22)25;1-2/h5-10,15,21-22,25H,11-14,16H2,1-4H3,(H,30,35);1-2H3. The molecule has 2 aromatic carbocycles. The number of para-hydroxylation sites is 1. The number of anilines is 3. The van der Waals surface area contributed by atoms with Crippen molar-refractivity contribution in [2.24, 2.45) is 17.3 Å². The summed E-state index contributed by atoms with van der Waals surface area (Å²) in [5, 5.41) is 12.7. The first-order chi connectivity index (χ1) is 17.7. The van der Waals surface area contributed by atoms with Gasteiger partial charge in [-0.1, -0.05) is 52.8 Å². The van der Waals surface area contributed by atoms with E-state index in [0.717, 1.165) is 44.0 Å². The van der Waals surface area contributed by atoms with Crippen molar-refractivity contribution in [3.63, 3.8) is 0 Å².